The molecule has 0 amide bonds. The Bertz CT molecular complexity index is 351. The number of thiophene rings is 1. The summed E-state index contributed by atoms with van der Waals surface area (Å²) in [6.07, 6.45) is 8.59. The smallest absolute Gasteiger partial charge is 0.175 e. The van der Waals surface area contributed by atoms with Gasteiger partial charge in [-0.3, -0.25) is 4.79 Å². The lowest BCUT2D eigenvalue weighted by Crippen LogP contribution is -2.15. The van der Waals surface area contributed by atoms with Crippen LogP contribution in [0.25, 0.3) is 0 Å². The molecule has 1 aliphatic rings. The Hall–Kier alpha value is -0.150. The summed E-state index contributed by atoms with van der Waals surface area (Å²) in [6, 6.07) is 3.93. The van der Waals surface area contributed by atoms with Crippen LogP contribution in [0.1, 0.15) is 54.6 Å². The van der Waals surface area contributed by atoms with Gasteiger partial charge in [-0.05, 0) is 40.9 Å². The van der Waals surface area contributed by atoms with Crippen LogP contribution in [0.3, 0.4) is 0 Å². The zero-order valence-electron chi connectivity index (χ0n) is 9.38. The number of halogens is 1. The summed E-state index contributed by atoms with van der Waals surface area (Å²) < 4.78 is 1.06. The fraction of sp³-hybridized carbons (Fsp3) is 0.615. The normalized spacial score (nSPS) is 19.1. The largest absolute Gasteiger partial charge is 0.293 e. The molecule has 1 aliphatic carbocycles. The Balaban J connectivity index is 2.01. The van der Waals surface area contributed by atoms with Gasteiger partial charge in [0.2, 0.25) is 0 Å². The van der Waals surface area contributed by atoms with Crippen LogP contribution in [0.2, 0.25) is 0 Å². The molecule has 0 aliphatic heterocycles. The van der Waals surface area contributed by atoms with Crippen LogP contribution in [0.5, 0.6) is 0 Å². The molecule has 16 heavy (non-hydrogen) atoms. The van der Waals surface area contributed by atoms with Crippen molar-refractivity contribution in [2.24, 2.45) is 5.92 Å². The lowest BCUT2D eigenvalue weighted by Gasteiger charge is -2.17. The first-order valence-corrected chi connectivity index (χ1v) is 7.68. The second kappa shape index (κ2) is 5.97. The molecule has 0 N–H and O–H groups in total. The summed E-state index contributed by atoms with van der Waals surface area (Å²) in [5, 5.41) is 0. The van der Waals surface area contributed by atoms with E-state index in [2.05, 4.69) is 15.9 Å². The fourth-order valence-electron chi connectivity index (χ4n) is 2.37. The molecular weight excluding hydrogens is 284 g/mol. The molecule has 1 nitrogen and oxygen atoms in total. The average Bonchev–Trinajstić information content (AvgIpc) is 2.63. The summed E-state index contributed by atoms with van der Waals surface area (Å²) in [5.41, 5.74) is 0. The zero-order valence-corrected chi connectivity index (χ0v) is 11.8. The molecule has 0 atom stereocenters. The predicted octanol–water partition coefficient (Wildman–Crippen LogP) is 5.05. The zero-order chi connectivity index (χ0) is 11.4. The molecule has 0 bridgehead atoms. The molecule has 2 rings (SSSR count). The van der Waals surface area contributed by atoms with E-state index < -0.39 is 0 Å². The van der Waals surface area contributed by atoms with Crippen molar-refractivity contribution in [3.05, 3.63) is 20.8 Å². The highest BCUT2D eigenvalue weighted by molar-refractivity contribution is 9.11. The van der Waals surface area contributed by atoms with Gasteiger partial charge in [-0.25, -0.2) is 0 Å². The third-order valence-electron chi connectivity index (χ3n) is 3.29. The molecule has 1 aromatic heterocycles. The molecular formula is C13H17BrOS. The first-order valence-electron chi connectivity index (χ1n) is 6.07. The van der Waals surface area contributed by atoms with E-state index in [9.17, 15) is 4.79 Å². The fourth-order valence-corrected chi connectivity index (χ4v) is 3.77. The molecule has 0 saturated heterocycles. The van der Waals surface area contributed by atoms with Crippen molar-refractivity contribution in [2.45, 2.75) is 44.9 Å². The van der Waals surface area contributed by atoms with E-state index in [4.69, 9.17) is 0 Å². The maximum absolute atomic E-state index is 12.3. The first-order chi connectivity index (χ1) is 7.77. The quantitative estimate of drug-likeness (QED) is 0.698. The standard InChI is InChI=1S/C13H17BrOS/c14-12-9-8-11(16-12)13(15)10-6-4-2-1-3-5-7-10/h8-10H,1-7H2. The van der Waals surface area contributed by atoms with Crippen molar-refractivity contribution in [2.75, 3.05) is 0 Å². The molecule has 0 unspecified atom stereocenters. The van der Waals surface area contributed by atoms with E-state index in [0.717, 1.165) is 21.5 Å². The minimum Gasteiger partial charge on any atom is -0.293 e. The second-order valence-corrected chi connectivity index (χ2v) is 6.97. The van der Waals surface area contributed by atoms with Gasteiger partial charge in [0.25, 0.3) is 0 Å². The minimum atomic E-state index is 0.283. The van der Waals surface area contributed by atoms with Gasteiger partial charge >= 0.3 is 0 Å². The minimum absolute atomic E-state index is 0.283. The Morgan fingerprint density at radius 1 is 1.12 bits per heavy atom. The van der Waals surface area contributed by atoms with Crippen LogP contribution in [-0.2, 0) is 0 Å². The van der Waals surface area contributed by atoms with Gasteiger partial charge in [-0.2, -0.15) is 0 Å². The van der Waals surface area contributed by atoms with E-state index in [0.29, 0.717) is 5.78 Å². The van der Waals surface area contributed by atoms with E-state index in [1.54, 1.807) is 11.3 Å². The molecule has 1 fully saturated rings. The van der Waals surface area contributed by atoms with Gasteiger partial charge in [0, 0.05) is 5.92 Å². The van der Waals surface area contributed by atoms with Gasteiger partial charge in [0.05, 0.1) is 8.66 Å². The van der Waals surface area contributed by atoms with Gasteiger partial charge < -0.3 is 0 Å². The van der Waals surface area contributed by atoms with E-state index >= 15 is 0 Å². The first kappa shape index (κ1) is 12.3. The molecule has 1 aromatic rings. The molecule has 1 saturated carbocycles. The third-order valence-corrected chi connectivity index (χ3v) is 4.93. The number of carbonyl (C=O) groups excluding carboxylic acids is 1. The number of hydrogen-bond donors (Lipinski definition) is 0. The molecule has 0 aromatic carbocycles. The highest BCUT2D eigenvalue weighted by atomic mass is 79.9. The SMILES string of the molecule is O=C(c1ccc(Br)s1)C1CCCCCCC1. The number of hydrogen-bond acceptors (Lipinski definition) is 2. The monoisotopic (exact) mass is 300 g/mol. The summed E-state index contributed by atoms with van der Waals surface area (Å²) >= 11 is 4.99. The van der Waals surface area contributed by atoms with Crippen molar-refractivity contribution in [1.82, 2.24) is 0 Å². The predicted molar refractivity (Wildman–Crippen MR) is 72.2 cm³/mol. The maximum atomic E-state index is 12.3. The Morgan fingerprint density at radius 2 is 1.75 bits per heavy atom. The number of ketones is 1. The summed E-state index contributed by atoms with van der Waals surface area (Å²) in [6.45, 7) is 0. The Morgan fingerprint density at radius 3 is 2.31 bits per heavy atom. The van der Waals surface area contributed by atoms with Crippen LogP contribution < -0.4 is 0 Å². The Kier molecular flexibility index (Phi) is 4.59. The van der Waals surface area contributed by atoms with Crippen molar-refractivity contribution < 1.29 is 4.79 Å². The van der Waals surface area contributed by atoms with Gasteiger partial charge in [0.15, 0.2) is 5.78 Å². The number of Topliss-reactive ketones (excluding diaryl/α,β-unsaturated/α-hetero) is 1. The highest BCUT2D eigenvalue weighted by Gasteiger charge is 2.21. The topological polar surface area (TPSA) is 17.1 Å². The van der Waals surface area contributed by atoms with Crippen LogP contribution in [0, 0.1) is 5.92 Å². The van der Waals surface area contributed by atoms with Gasteiger partial charge in [-0.15, -0.1) is 11.3 Å². The maximum Gasteiger partial charge on any atom is 0.175 e. The van der Waals surface area contributed by atoms with E-state index in [1.165, 1.54) is 32.1 Å². The van der Waals surface area contributed by atoms with Crippen molar-refractivity contribution in [3.63, 3.8) is 0 Å². The molecule has 0 radical (unpaired) electrons. The van der Waals surface area contributed by atoms with Crippen LogP contribution in [0.4, 0.5) is 0 Å². The van der Waals surface area contributed by atoms with E-state index in [-0.39, 0.29) is 5.92 Å². The van der Waals surface area contributed by atoms with E-state index in [1.807, 2.05) is 12.1 Å². The number of carbonyl (C=O) groups is 1. The lowest BCUT2D eigenvalue weighted by atomic mass is 9.88. The Labute approximate surface area is 109 Å². The third kappa shape index (κ3) is 3.17. The van der Waals surface area contributed by atoms with Crippen molar-refractivity contribution >= 4 is 33.0 Å². The molecule has 0 spiro atoms. The number of rotatable bonds is 2. The lowest BCUT2D eigenvalue weighted by molar-refractivity contribution is 0.0902. The van der Waals surface area contributed by atoms with Crippen LogP contribution in [-0.4, -0.2) is 5.78 Å². The molecule has 88 valence electrons. The van der Waals surface area contributed by atoms with Crippen LogP contribution in [0.15, 0.2) is 15.9 Å². The molecule has 1 heterocycles. The molecule has 3 heteroatoms. The van der Waals surface area contributed by atoms with Gasteiger partial charge in [-0.1, -0.05) is 32.1 Å². The van der Waals surface area contributed by atoms with Crippen molar-refractivity contribution in [1.29, 1.82) is 0 Å². The average molecular weight is 301 g/mol. The van der Waals surface area contributed by atoms with Crippen molar-refractivity contribution in [3.8, 4) is 0 Å². The highest BCUT2D eigenvalue weighted by Crippen LogP contribution is 2.29. The summed E-state index contributed by atoms with van der Waals surface area (Å²) in [5.74, 6) is 0.656. The van der Waals surface area contributed by atoms with Crippen LogP contribution >= 0.6 is 27.3 Å². The summed E-state index contributed by atoms with van der Waals surface area (Å²) in [4.78, 5) is 13.2. The van der Waals surface area contributed by atoms with Gasteiger partial charge in [0.1, 0.15) is 0 Å². The second-order valence-electron chi connectivity index (χ2n) is 4.51. The summed E-state index contributed by atoms with van der Waals surface area (Å²) in [7, 11) is 0.